The van der Waals surface area contributed by atoms with Crippen LogP contribution in [0.1, 0.15) is 36.5 Å². The Kier molecular flexibility index (Phi) is 3.72. The molecule has 5 nitrogen and oxygen atoms in total. The van der Waals surface area contributed by atoms with Gasteiger partial charge in [0.1, 0.15) is 0 Å². The minimum absolute atomic E-state index is 0.0700. The van der Waals surface area contributed by atoms with Gasteiger partial charge in [0.2, 0.25) is 5.91 Å². The van der Waals surface area contributed by atoms with Gasteiger partial charge in [-0.25, -0.2) is 0 Å². The third-order valence-electron chi connectivity index (χ3n) is 5.04. The average Bonchev–Trinajstić information content (AvgIpc) is 3.07. The van der Waals surface area contributed by atoms with Crippen molar-refractivity contribution < 1.29 is 19.5 Å². The van der Waals surface area contributed by atoms with Gasteiger partial charge in [0.05, 0.1) is 11.8 Å². The van der Waals surface area contributed by atoms with Crippen LogP contribution in [0, 0.1) is 23.7 Å². The van der Waals surface area contributed by atoms with E-state index < -0.39 is 17.8 Å². The molecule has 0 spiro atoms. The molecule has 1 aromatic carbocycles. The largest absolute Gasteiger partial charge is 0.481 e. The second-order valence-corrected chi connectivity index (χ2v) is 6.35. The Morgan fingerprint density at radius 1 is 1.14 bits per heavy atom. The van der Waals surface area contributed by atoms with Crippen LogP contribution in [0.15, 0.2) is 24.3 Å². The zero-order chi connectivity index (χ0) is 15.9. The van der Waals surface area contributed by atoms with Crippen LogP contribution in [0.3, 0.4) is 0 Å². The third-order valence-corrected chi connectivity index (χ3v) is 5.04. The number of carbonyl (C=O) groups excluding carboxylic acids is 2. The predicted octanol–water partition coefficient (Wildman–Crippen LogP) is 2.57. The summed E-state index contributed by atoms with van der Waals surface area (Å²) in [6.07, 6.45) is 2.67. The van der Waals surface area contributed by atoms with Crippen LogP contribution in [0.25, 0.3) is 0 Å². The first-order valence-corrected chi connectivity index (χ1v) is 7.62. The molecule has 0 aliphatic heterocycles. The Bertz CT molecular complexity index is 639. The van der Waals surface area contributed by atoms with Crippen LogP contribution >= 0.6 is 0 Å². The summed E-state index contributed by atoms with van der Waals surface area (Å²) >= 11 is 0. The summed E-state index contributed by atoms with van der Waals surface area (Å²) < 4.78 is 0. The van der Waals surface area contributed by atoms with Gasteiger partial charge in [-0.1, -0.05) is 12.1 Å². The van der Waals surface area contributed by atoms with Crippen molar-refractivity contribution in [3.63, 3.8) is 0 Å². The molecular formula is C17H19NO4. The van der Waals surface area contributed by atoms with Gasteiger partial charge >= 0.3 is 5.97 Å². The van der Waals surface area contributed by atoms with E-state index in [2.05, 4.69) is 5.32 Å². The standard InChI is InChI=1S/C17H19NO4/c1-9(19)10-3-2-4-13(8-10)18-16(20)14-11-5-6-12(7-11)15(14)17(21)22/h2-4,8,11-12,14-15H,5-7H2,1H3,(H,18,20)(H,21,22)/t11-,12-,14+,15-/m0/s1. The highest BCUT2D eigenvalue weighted by molar-refractivity contribution is 5.98. The Hall–Kier alpha value is -2.17. The van der Waals surface area contributed by atoms with Gasteiger partial charge in [-0.2, -0.15) is 0 Å². The molecule has 2 fully saturated rings. The van der Waals surface area contributed by atoms with Gasteiger partial charge in [-0.3, -0.25) is 14.4 Å². The molecule has 2 saturated carbocycles. The fourth-order valence-corrected chi connectivity index (χ4v) is 4.07. The van der Waals surface area contributed by atoms with Gasteiger partial charge in [0.15, 0.2) is 5.78 Å². The zero-order valence-electron chi connectivity index (χ0n) is 12.4. The molecule has 2 aliphatic carbocycles. The SMILES string of the molecule is CC(=O)c1cccc(NC(=O)[C@@H]2[C@H]3CC[C@@H](C3)[C@@H]2C(=O)O)c1. The molecule has 0 heterocycles. The van der Waals surface area contributed by atoms with Crippen LogP contribution in [0.4, 0.5) is 5.69 Å². The normalized spacial score (nSPS) is 29.3. The highest BCUT2D eigenvalue weighted by Gasteiger charge is 2.53. The fraction of sp³-hybridized carbons (Fsp3) is 0.471. The Morgan fingerprint density at radius 2 is 1.82 bits per heavy atom. The molecule has 5 heteroatoms. The minimum atomic E-state index is -0.871. The summed E-state index contributed by atoms with van der Waals surface area (Å²) in [7, 11) is 0. The zero-order valence-corrected chi connectivity index (χ0v) is 12.4. The van der Waals surface area contributed by atoms with Crippen LogP contribution in [-0.4, -0.2) is 22.8 Å². The summed E-state index contributed by atoms with van der Waals surface area (Å²) in [5.41, 5.74) is 1.07. The van der Waals surface area contributed by atoms with Gasteiger partial charge < -0.3 is 10.4 Å². The van der Waals surface area contributed by atoms with Crippen molar-refractivity contribution in [3.05, 3.63) is 29.8 Å². The van der Waals surface area contributed by atoms with E-state index in [0.717, 1.165) is 19.3 Å². The molecule has 22 heavy (non-hydrogen) atoms. The topological polar surface area (TPSA) is 83.5 Å². The smallest absolute Gasteiger partial charge is 0.307 e. The molecule has 0 saturated heterocycles. The van der Waals surface area contributed by atoms with E-state index in [-0.39, 0.29) is 23.5 Å². The van der Waals surface area contributed by atoms with E-state index in [1.165, 1.54) is 6.92 Å². The minimum Gasteiger partial charge on any atom is -0.481 e. The highest BCUT2D eigenvalue weighted by Crippen LogP contribution is 2.52. The first kappa shape index (κ1) is 14.8. The second kappa shape index (κ2) is 5.55. The lowest BCUT2D eigenvalue weighted by atomic mass is 9.78. The number of ketones is 1. The Morgan fingerprint density at radius 3 is 2.45 bits per heavy atom. The first-order chi connectivity index (χ1) is 10.5. The van der Waals surface area contributed by atoms with Crippen LogP contribution in [0.5, 0.6) is 0 Å². The molecule has 2 N–H and O–H groups in total. The molecule has 2 aliphatic rings. The second-order valence-electron chi connectivity index (χ2n) is 6.35. The molecule has 0 aromatic heterocycles. The molecule has 3 rings (SSSR count). The van der Waals surface area contributed by atoms with Crippen molar-refractivity contribution in [2.45, 2.75) is 26.2 Å². The molecule has 0 unspecified atom stereocenters. The number of anilines is 1. The molecule has 1 amide bonds. The molecule has 4 atom stereocenters. The number of carboxylic acid groups (broad SMARTS) is 1. The molecule has 2 bridgehead atoms. The van der Waals surface area contributed by atoms with E-state index in [1.54, 1.807) is 24.3 Å². The summed E-state index contributed by atoms with van der Waals surface area (Å²) in [6, 6.07) is 6.74. The molecule has 116 valence electrons. The number of hydrogen-bond donors (Lipinski definition) is 2. The van der Waals surface area contributed by atoms with Crippen LogP contribution in [0.2, 0.25) is 0 Å². The quantitative estimate of drug-likeness (QED) is 0.837. The fourth-order valence-electron chi connectivity index (χ4n) is 4.07. The lowest BCUT2D eigenvalue weighted by Gasteiger charge is -2.27. The van der Waals surface area contributed by atoms with Gasteiger partial charge in [0.25, 0.3) is 0 Å². The monoisotopic (exact) mass is 301 g/mol. The highest BCUT2D eigenvalue weighted by atomic mass is 16.4. The number of aliphatic carboxylic acids is 1. The van der Waals surface area contributed by atoms with E-state index in [9.17, 15) is 19.5 Å². The maximum Gasteiger partial charge on any atom is 0.307 e. The lowest BCUT2D eigenvalue weighted by Crippen LogP contribution is -2.37. The van der Waals surface area contributed by atoms with Crippen molar-refractivity contribution in [3.8, 4) is 0 Å². The van der Waals surface area contributed by atoms with Crippen molar-refractivity contribution in [1.29, 1.82) is 0 Å². The Labute approximate surface area is 128 Å². The summed E-state index contributed by atoms with van der Waals surface area (Å²) in [6.45, 7) is 1.47. The molecular weight excluding hydrogens is 282 g/mol. The third kappa shape index (κ3) is 2.51. The van der Waals surface area contributed by atoms with E-state index in [0.29, 0.717) is 11.3 Å². The first-order valence-electron chi connectivity index (χ1n) is 7.62. The number of amides is 1. The van der Waals surface area contributed by atoms with Crippen molar-refractivity contribution in [2.24, 2.45) is 23.7 Å². The van der Waals surface area contributed by atoms with E-state index >= 15 is 0 Å². The number of benzene rings is 1. The van der Waals surface area contributed by atoms with Crippen molar-refractivity contribution in [1.82, 2.24) is 0 Å². The van der Waals surface area contributed by atoms with Crippen molar-refractivity contribution in [2.75, 3.05) is 5.32 Å². The summed E-state index contributed by atoms with van der Waals surface area (Å²) in [5, 5.41) is 12.2. The van der Waals surface area contributed by atoms with Crippen LogP contribution < -0.4 is 5.32 Å². The number of nitrogens with one attached hydrogen (secondary N) is 1. The van der Waals surface area contributed by atoms with Gasteiger partial charge in [-0.15, -0.1) is 0 Å². The lowest BCUT2D eigenvalue weighted by molar-refractivity contribution is -0.148. The number of fused-ring (bicyclic) bond motifs is 2. The molecule has 0 radical (unpaired) electrons. The van der Waals surface area contributed by atoms with E-state index in [1.807, 2.05) is 0 Å². The summed E-state index contributed by atoms with van der Waals surface area (Å²) in [4.78, 5) is 35.4. The van der Waals surface area contributed by atoms with E-state index in [4.69, 9.17) is 0 Å². The number of hydrogen-bond acceptors (Lipinski definition) is 3. The van der Waals surface area contributed by atoms with Crippen LogP contribution in [-0.2, 0) is 9.59 Å². The average molecular weight is 301 g/mol. The maximum atomic E-state index is 12.5. The molecule has 1 aromatic rings. The summed E-state index contributed by atoms with van der Waals surface area (Å²) in [5.74, 6) is -1.92. The van der Waals surface area contributed by atoms with Crippen molar-refractivity contribution >= 4 is 23.3 Å². The maximum absolute atomic E-state index is 12.5. The van der Waals surface area contributed by atoms with Gasteiger partial charge in [-0.05, 0) is 50.2 Å². The van der Waals surface area contributed by atoms with Gasteiger partial charge in [0, 0.05) is 11.3 Å². The Balaban J connectivity index is 1.78. The number of rotatable bonds is 4. The number of carboxylic acids is 1. The number of Topliss-reactive ketones (excluding diaryl/α,β-unsaturated/α-hetero) is 1. The number of carbonyl (C=O) groups is 3. The predicted molar refractivity (Wildman–Crippen MR) is 80.5 cm³/mol.